The predicted molar refractivity (Wildman–Crippen MR) is 54.8 cm³/mol. The average Bonchev–Trinajstić information content (AvgIpc) is 2.18. The molecule has 0 amide bonds. The smallest absolute Gasteiger partial charge is 0.122 e. The number of phenolic OH excluding ortho intramolecular Hbond substituents is 1. The number of hydrogen-bond donors (Lipinski definition) is 1. The number of benzene rings is 1. The Morgan fingerprint density at radius 2 is 2.07 bits per heavy atom. The average molecular weight is 196 g/mol. The zero-order valence-electron chi connectivity index (χ0n) is 8.62. The molecule has 0 aliphatic heterocycles. The summed E-state index contributed by atoms with van der Waals surface area (Å²) in [5.41, 5.74) is 0.856. The number of aromatic hydroxyl groups is 1. The molecule has 1 aromatic carbocycles. The molecule has 0 heterocycles. The molecular weight excluding hydrogens is 180 g/mol. The van der Waals surface area contributed by atoms with Gasteiger partial charge in [0.2, 0.25) is 0 Å². The van der Waals surface area contributed by atoms with Gasteiger partial charge in [-0.2, -0.15) is 0 Å². The van der Waals surface area contributed by atoms with Crippen LogP contribution in [0.1, 0.15) is 12.0 Å². The molecule has 1 rings (SSSR count). The van der Waals surface area contributed by atoms with Crippen LogP contribution in [-0.2, 0) is 4.74 Å². The van der Waals surface area contributed by atoms with Gasteiger partial charge in [-0.1, -0.05) is 6.07 Å². The molecule has 1 N–H and O–H groups in total. The summed E-state index contributed by atoms with van der Waals surface area (Å²) < 4.78 is 10.3. The van der Waals surface area contributed by atoms with E-state index in [4.69, 9.17) is 9.47 Å². The fraction of sp³-hybridized carbons (Fsp3) is 0.455. The summed E-state index contributed by atoms with van der Waals surface area (Å²) in [6.07, 6.45) is 0.852. The van der Waals surface area contributed by atoms with Gasteiger partial charge in [-0.15, -0.1) is 0 Å². The van der Waals surface area contributed by atoms with Crippen molar-refractivity contribution >= 4 is 0 Å². The first-order chi connectivity index (χ1) is 6.74. The summed E-state index contributed by atoms with van der Waals surface area (Å²) in [7, 11) is 1.66. The number of hydrogen-bond acceptors (Lipinski definition) is 3. The second-order valence-electron chi connectivity index (χ2n) is 3.14. The molecule has 0 aliphatic carbocycles. The van der Waals surface area contributed by atoms with Crippen LogP contribution >= 0.6 is 0 Å². The van der Waals surface area contributed by atoms with E-state index in [1.807, 2.05) is 19.1 Å². The first-order valence-electron chi connectivity index (χ1n) is 4.65. The van der Waals surface area contributed by atoms with Gasteiger partial charge in [0.05, 0.1) is 6.61 Å². The van der Waals surface area contributed by atoms with E-state index in [2.05, 4.69) is 0 Å². The van der Waals surface area contributed by atoms with Crippen molar-refractivity contribution in [2.45, 2.75) is 13.3 Å². The molecule has 0 aromatic heterocycles. The van der Waals surface area contributed by atoms with E-state index in [1.54, 1.807) is 13.2 Å². The Morgan fingerprint density at radius 3 is 2.71 bits per heavy atom. The maximum absolute atomic E-state index is 9.40. The number of ether oxygens (including phenoxy) is 2. The van der Waals surface area contributed by atoms with Crippen LogP contribution in [0, 0.1) is 6.92 Å². The fourth-order valence-electron chi connectivity index (χ4n) is 1.07. The van der Waals surface area contributed by atoms with Crippen molar-refractivity contribution in [1.29, 1.82) is 0 Å². The van der Waals surface area contributed by atoms with Gasteiger partial charge in [0.15, 0.2) is 0 Å². The zero-order chi connectivity index (χ0) is 10.4. The minimum absolute atomic E-state index is 0.272. The Morgan fingerprint density at radius 1 is 1.29 bits per heavy atom. The molecule has 0 radical (unpaired) electrons. The molecule has 0 spiro atoms. The Kier molecular flexibility index (Phi) is 4.26. The van der Waals surface area contributed by atoms with Crippen molar-refractivity contribution in [3.05, 3.63) is 23.8 Å². The Bertz CT molecular complexity index is 284. The third kappa shape index (κ3) is 3.26. The van der Waals surface area contributed by atoms with E-state index in [-0.39, 0.29) is 5.75 Å². The van der Waals surface area contributed by atoms with Crippen molar-refractivity contribution in [2.24, 2.45) is 0 Å². The third-order valence-corrected chi connectivity index (χ3v) is 1.94. The standard InChI is InChI=1S/C11H16O3/c1-9-4-5-10(8-11(9)12)14-7-3-6-13-2/h4-5,8,12H,3,6-7H2,1-2H3. The van der Waals surface area contributed by atoms with Crippen molar-refractivity contribution in [1.82, 2.24) is 0 Å². The van der Waals surface area contributed by atoms with Crippen molar-refractivity contribution in [2.75, 3.05) is 20.3 Å². The lowest BCUT2D eigenvalue weighted by Gasteiger charge is -2.06. The van der Waals surface area contributed by atoms with Crippen LogP contribution in [0.15, 0.2) is 18.2 Å². The zero-order valence-corrected chi connectivity index (χ0v) is 8.62. The summed E-state index contributed by atoms with van der Waals surface area (Å²) in [6.45, 7) is 3.15. The molecule has 78 valence electrons. The maximum Gasteiger partial charge on any atom is 0.122 e. The summed E-state index contributed by atoms with van der Waals surface area (Å²) in [6, 6.07) is 5.31. The van der Waals surface area contributed by atoms with Crippen LogP contribution in [0.5, 0.6) is 11.5 Å². The molecule has 0 bridgehead atoms. The fourth-order valence-corrected chi connectivity index (χ4v) is 1.07. The molecule has 0 unspecified atom stereocenters. The van der Waals surface area contributed by atoms with Crippen molar-refractivity contribution in [3.63, 3.8) is 0 Å². The van der Waals surface area contributed by atoms with E-state index in [0.29, 0.717) is 19.0 Å². The highest BCUT2D eigenvalue weighted by molar-refractivity contribution is 5.38. The maximum atomic E-state index is 9.40. The molecule has 0 aliphatic rings. The van der Waals surface area contributed by atoms with E-state index in [1.165, 1.54) is 0 Å². The van der Waals surface area contributed by atoms with Crippen molar-refractivity contribution < 1.29 is 14.6 Å². The number of methoxy groups -OCH3 is 1. The molecular formula is C11H16O3. The van der Waals surface area contributed by atoms with Gasteiger partial charge >= 0.3 is 0 Å². The Balaban J connectivity index is 2.39. The van der Waals surface area contributed by atoms with Gasteiger partial charge in [-0.05, 0) is 18.6 Å². The molecule has 3 heteroatoms. The minimum atomic E-state index is 0.272. The van der Waals surface area contributed by atoms with Crippen LogP contribution in [0.2, 0.25) is 0 Å². The summed E-state index contributed by atoms with van der Waals surface area (Å²) >= 11 is 0. The normalized spacial score (nSPS) is 10.1. The Labute approximate surface area is 84.3 Å². The monoisotopic (exact) mass is 196 g/mol. The lowest BCUT2D eigenvalue weighted by molar-refractivity contribution is 0.172. The van der Waals surface area contributed by atoms with E-state index >= 15 is 0 Å². The first-order valence-corrected chi connectivity index (χ1v) is 4.65. The molecule has 0 saturated heterocycles. The molecule has 3 nitrogen and oxygen atoms in total. The second-order valence-corrected chi connectivity index (χ2v) is 3.14. The van der Waals surface area contributed by atoms with Gasteiger partial charge in [-0.3, -0.25) is 0 Å². The van der Waals surface area contributed by atoms with Gasteiger partial charge in [-0.25, -0.2) is 0 Å². The summed E-state index contributed by atoms with van der Waals surface area (Å²) in [5, 5.41) is 9.40. The molecule has 0 saturated carbocycles. The van der Waals surface area contributed by atoms with Crippen LogP contribution in [-0.4, -0.2) is 25.4 Å². The highest BCUT2D eigenvalue weighted by Crippen LogP contribution is 2.22. The largest absolute Gasteiger partial charge is 0.508 e. The van der Waals surface area contributed by atoms with E-state index in [0.717, 1.165) is 12.0 Å². The molecule has 0 atom stereocenters. The predicted octanol–water partition coefficient (Wildman–Crippen LogP) is 2.12. The lowest BCUT2D eigenvalue weighted by Crippen LogP contribution is -2.01. The number of phenols is 1. The van der Waals surface area contributed by atoms with Crippen molar-refractivity contribution in [3.8, 4) is 11.5 Å². The van der Waals surface area contributed by atoms with Crippen LogP contribution in [0.25, 0.3) is 0 Å². The molecule has 1 aromatic rings. The minimum Gasteiger partial charge on any atom is -0.508 e. The van der Waals surface area contributed by atoms with Gasteiger partial charge in [0.25, 0.3) is 0 Å². The van der Waals surface area contributed by atoms with Crippen LogP contribution in [0.4, 0.5) is 0 Å². The molecule has 0 fully saturated rings. The SMILES string of the molecule is COCCCOc1ccc(C)c(O)c1. The number of aryl methyl sites for hydroxylation is 1. The molecule has 14 heavy (non-hydrogen) atoms. The van der Waals surface area contributed by atoms with Gasteiger partial charge < -0.3 is 14.6 Å². The quantitative estimate of drug-likeness (QED) is 0.733. The first kappa shape index (κ1) is 10.9. The highest BCUT2D eigenvalue weighted by Gasteiger charge is 1.98. The topological polar surface area (TPSA) is 38.7 Å². The van der Waals surface area contributed by atoms with Gasteiger partial charge in [0, 0.05) is 26.2 Å². The second kappa shape index (κ2) is 5.50. The lowest BCUT2D eigenvalue weighted by atomic mass is 10.2. The Hall–Kier alpha value is -1.22. The highest BCUT2D eigenvalue weighted by atomic mass is 16.5. The van der Waals surface area contributed by atoms with Crippen LogP contribution in [0.3, 0.4) is 0 Å². The third-order valence-electron chi connectivity index (χ3n) is 1.94. The summed E-state index contributed by atoms with van der Waals surface area (Å²) in [4.78, 5) is 0. The summed E-state index contributed by atoms with van der Waals surface area (Å²) in [5.74, 6) is 0.971. The van der Waals surface area contributed by atoms with Crippen LogP contribution < -0.4 is 4.74 Å². The van der Waals surface area contributed by atoms with E-state index in [9.17, 15) is 5.11 Å². The van der Waals surface area contributed by atoms with E-state index < -0.39 is 0 Å². The number of rotatable bonds is 5. The van der Waals surface area contributed by atoms with Gasteiger partial charge in [0.1, 0.15) is 11.5 Å².